The van der Waals surface area contributed by atoms with E-state index in [1.807, 2.05) is 0 Å². The van der Waals surface area contributed by atoms with Crippen LogP contribution in [0.25, 0.3) is 11.0 Å². The van der Waals surface area contributed by atoms with Gasteiger partial charge < -0.3 is 23.6 Å². The second-order valence-electron chi connectivity index (χ2n) is 8.48. The Morgan fingerprint density at radius 3 is 2.68 bits per heavy atom. The van der Waals surface area contributed by atoms with Crippen LogP contribution >= 0.6 is 0 Å². The highest BCUT2D eigenvalue weighted by atomic mass is 19.1. The molecule has 0 saturated carbocycles. The largest absolute Gasteiger partial charge is 0.515 e. The summed E-state index contributed by atoms with van der Waals surface area (Å²) in [5.41, 5.74) is -1.63. The Morgan fingerprint density at radius 1 is 1.29 bits per heavy atom. The first-order valence-electron chi connectivity index (χ1n) is 10.7. The van der Waals surface area contributed by atoms with Crippen molar-refractivity contribution in [2.24, 2.45) is 5.41 Å². The van der Waals surface area contributed by atoms with Crippen LogP contribution in [0.1, 0.15) is 26.3 Å². The molecule has 13 heteroatoms. The molecule has 0 bridgehead atoms. The second-order valence-corrected chi connectivity index (χ2v) is 8.48. The zero-order chi connectivity index (χ0) is 24.4. The van der Waals surface area contributed by atoms with Crippen molar-refractivity contribution in [3.8, 4) is 5.88 Å². The smallest absolute Gasteiger partial charge is 0.434 e. The molecule has 0 unspecified atom stereocenters. The van der Waals surface area contributed by atoms with E-state index in [-0.39, 0.29) is 53.8 Å². The Hall–Kier alpha value is -3.74. The average Bonchev–Trinajstić information content (AvgIpc) is 3.14. The molecule has 3 aliphatic heterocycles. The number of benzene rings is 1. The third kappa shape index (κ3) is 3.03. The summed E-state index contributed by atoms with van der Waals surface area (Å²) in [4.78, 5) is 51.5. The Morgan fingerprint density at radius 2 is 2.00 bits per heavy atom. The first-order chi connectivity index (χ1) is 16.2. The fourth-order valence-corrected chi connectivity index (χ4v) is 5.23. The number of amides is 4. The number of halogens is 1. The van der Waals surface area contributed by atoms with E-state index in [1.165, 1.54) is 6.07 Å². The Balaban J connectivity index is 1.70. The molecule has 1 aromatic carbocycles. The van der Waals surface area contributed by atoms with Gasteiger partial charge in [0.25, 0.3) is 5.88 Å². The summed E-state index contributed by atoms with van der Waals surface area (Å²) in [6, 6.07) is -0.380. The van der Waals surface area contributed by atoms with Crippen molar-refractivity contribution < 1.29 is 42.3 Å². The summed E-state index contributed by atoms with van der Waals surface area (Å²) in [7, 11) is 0. The van der Waals surface area contributed by atoms with Gasteiger partial charge in [-0.25, -0.2) is 14.0 Å². The number of morpholine rings is 1. The number of anilines is 1. The van der Waals surface area contributed by atoms with Crippen LogP contribution in [0.3, 0.4) is 0 Å². The highest BCUT2D eigenvalue weighted by molar-refractivity contribution is 6.20. The number of fused-ring (bicyclic) bond motifs is 5. The van der Waals surface area contributed by atoms with E-state index in [9.17, 15) is 19.2 Å². The number of nitrogens with zero attached hydrogens (tertiary/aromatic N) is 2. The summed E-state index contributed by atoms with van der Waals surface area (Å²) in [5, 5.41) is 7.99. The molecule has 34 heavy (non-hydrogen) atoms. The van der Waals surface area contributed by atoms with Crippen LogP contribution in [0.5, 0.6) is 5.88 Å². The van der Waals surface area contributed by atoms with E-state index in [4.69, 9.17) is 18.7 Å². The summed E-state index contributed by atoms with van der Waals surface area (Å²) >= 11 is 0. The maximum Gasteiger partial charge on any atom is 0.515 e. The van der Waals surface area contributed by atoms with E-state index in [0.29, 0.717) is 0 Å². The van der Waals surface area contributed by atoms with Crippen molar-refractivity contribution in [3.63, 3.8) is 0 Å². The number of hydrogen-bond donors (Lipinski definition) is 2. The van der Waals surface area contributed by atoms with Crippen molar-refractivity contribution in [2.75, 3.05) is 18.1 Å². The van der Waals surface area contributed by atoms with Crippen LogP contribution in [0.15, 0.2) is 10.6 Å². The minimum Gasteiger partial charge on any atom is -0.434 e. The molecule has 0 radical (unpaired) electrons. The van der Waals surface area contributed by atoms with Crippen LogP contribution in [-0.4, -0.2) is 60.6 Å². The second kappa shape index (κ2) is 7.65. The molecule has 2 saturated heterocycles. The monoisotopic (exact) mass is 476 g/mol. The molecule has 12 nitrogen and oxygen atoms in total. The fraction of sp³-hybridized carbons (Fsp3) is 0.476. The minimum absolute atomic E-state index is 0.0277. The number of carbonyl (C=O) groups is 4. The summed E-state index contributed by atoms with van der Waals surface area (Å²) in [6.45, 7) is 5.28. The Kier molecular flexibility index (Phi) is 4.97. The van der Waals surface area contributed by atoms with Crippen molar-refractivity contribution in [1.29, 1.82) is 0 Å². The maximum absolute atomic E-state index is 15.8. The quantitative estimate of drug-likeness (QED) is 0.481. The van der Waals surface area contributed by atoms with Gasteiger partial charge in [-0.05, 0) is 37.6 Å². The van der Waals surface area contributed by atoms with E-state index in [2.05, 4.69) is 15.8 Å². The number of aromatic nitrogens is 1. The average molecular weight is 476 g/mol. The SMILES string of the molecule is CCOC(=O)Oc1noc2c(F)c3c(cc12)CC1(C(=O)NC(=O)NC1=O)[C@H]1[C@H](C)O[C@H](C)CN31. The lowest BCUT2D eigenvalue weighted by molar-refractivity contribution is -0.153. The molecule has 5 rings (SSSR count). The molecular formula is C21H21FN4O8. The van der Waals surface area contributed by atoms with Crippen molar-refractivity contribution >= 4 is 40.7 Å². The zero-order valence-electron chi connectivity index (χ0n) is 18.5. The van der Waals surface area contributed by atoms with E-state index in [0.717, 1.165) is 0 Å². The molecule has 3 atom stereocenters. The molecule has 2 N–H and O–H groups in total. The van der Waals surface area contributed by atoms with Gasteiger partial charge in [-0.1, -0.05) is 0 Å². The van der Waals surface area contributed by atoms with Crippen molar-refractivity contribution in [2.45, 2.75) is 45.4 Å². The predicted molar refractivity (Wildman–Crippen MR) is 111 cm³/mol. The number of nitrogens with one attached hydrogen (secondary N) is 2. The minimum atomic E-state index is -1.78. The van der Waals surface area contributed by atoms with Crippen LogP contribution in [0.4, 0.5) is 19.7 Å². The summed E-state index contributed by atoms with van der Waals surface area (Å²) in [5.74, 6) is -2.71. The van der Waals surface area contributed by atoms with Crippen LogP contribution in [0, 0.1) is 11.2 Å². The first-order valence-corrected chi connectivity index (χ1v) is 10.7. The number of hydrogen-bond acceptors (Lipinski definition) is 10. The molecule has 180 valence electrons. The Labute approximate surface area is 191 Å². The van der Waals surface area contributed by atoms with Gasteiger partial charge in [0, 0.05) is 13.0 Å². The molecule has 3 aliphatic rings. The standard InChI is InChI=1S/C21H21FN4O8/c1-4-31-20(30)33-16-11-5-10-6-21(17(27)23-19(29)24-18(21)28)15-9(3)32-8(2)7-26(15)13(10)12(22)14(11)34-25-16/h5,8-9,15H,4,6-7H2,1-3H3,(H2,23,24,27,28,29)/t8-,9+,15-/m1/s1. The number of imide groups is 2. The summed E-state index contributed by atoms with van der Waals surface area (Å²) < 4.78 is 36.6. The molecule has 2 fully saturated rings. The first kappa shape index (κ1) is 22.1. The lowest BCUT2D eigenvalue weighted by atomic mass is 9.66. The topological polar surface area (TPSA) is 149 Å². The van der Waals surface area contributed by atoms with E-state index in [1.54, 1.807) is 25.7 Å². The maximum atomic E-state index is 15.8. The zero-order valence-corrected chi connectivity index (χ0v) is 18.5. The van der Waals surface area contributed by atoms with E-state index >= 15 is 4.39 Å². The molecule has 4 heterocycles. The molecule has 0 aliphatic carbocycles. The highest BCUT2D eigenvalue weighted by Crippen LogP contribution is 2.49. The third-order valence-electron chi connectivity index (χ3n) is 6.37. The van der Waals surface area contributed by atoms with Gasteiger partial charge in [0.05, 0.1) is 35.9 Å². The molecule has 1 aromatic heterocycles. The molecule has 1 spiro atoms. The third-order valence-corrected chi connectivity index (χ3v) is 6.37. The normalized spacial score (nSPS) is 25.5. The summed E-state index contributed by atoms with van der Waals surface area (Å²) in [6.07, 6.45) is -2.30. The molecular weight excluding hydrogens is 455 g/mol. The lowest BCUT2D eigenvalue weighted by Crippen LogP contribution is -2.75. The molecule has 4 amide bonds. The van der Waals surface area contributed by atoms with Gasteiger partial charge in [-0.2, -0.15) is 0 Å². The lowest BCUT2D eigenvalue weighted by Gasteiger charge is -2.55. The number of urea groups is 1. The fourth-order valence-electron chi connectivity index (χ4n) is 5.23. The number of carbonyl (C=O) groups excluding carboxylic acids is 4. The number of ether oxygens (including phenoxy) is 3. The van der Waals surface area contributed by atoms with Gasteiger partial charge >= 0.3 is 12.2 Å². The van der Waals surface area contributed by atoms with Crippen LogP contribution in [-0.2, 0) is 25.5 Å². The van der Waals surface area contributed by atoms with Gasteiger partial charge in [0.15, 0.2) is 11.2 Å². The van der Waals surface area contributed by atoms with Crippen LogP contribution in [0.2, 0.25) is 0 Å². The van der Waals surface area contributed by atoms with Crippen molar-refractivity contribution in [1.82, 2.24) is 15.8 Å². The van der Waals surface area contributed by atoms with E-state index < -0.39 is 47.4 Å². The van der Waals surface area contributed by atoms with Gasteiger partial charge in [0.2, 0.25) is 17.4 Å². The Bertz CT molecular complexity index is 1220. The number of barbiturate groups is 1. The van der Waals surface area contributed by atoms with Gasteiger partial charge in [-0.15, -0.1) is 0 Å². The highest BCUT2D eigenvalue weighted by Gasteiger charge is 2.63. The van der Waals surface area contributed by atoms with Crippen LogP contribution < -0.4 is 20.3 Å². The molecule has 2 aromatic rings. The van der Waals surface area contributed by atoms with Crippen molar-refractivity contribution in [3.05, 3.63) is 17.4 Å². The van der Waals surface area contributed by atoms with Gasteiger partial charge in [0.1, 0.15) is 0 Å². The number of rotatable bonds is 2. The van der Waals surface area contributed by atoms with Gasteiger partial charge in [-0.3, -0.25) is 20.2 Å². The predicted octanol–water partition coefficient (Wildman–Crippen LogP) is 1.39.